The lowest BCUT2D eigenvalue weighted by molar-refractivity contribution is 0.0604. The molecule has 8 nitrogen and oxygen atoms in total. The van der Waals surface area contributed by atoms with Gasteiger partial charge in [-0.25, -0.2) is 13.9 Å². The number of hydrogen-bond acceptors (Lipinski definition) is 6. The number of fused-ring (bicyclic) bond motifs is 1. The highest BCUT2D eigenvalue weighted by Crippen LogP contribution is 2.33. The number of aryl methyl sites for hydroxylation is 1. The van der Waals surface area contributed by atoms with Gasteiger partial charge in [0, 0.05) is 43.0 Å². The van der Waals surface area contributed by atoms with Crippen molar-refractivity contribution in [3.63, 3.8) is 0 Å². The van der Waals surface area contributed by atoms with Gasteiger partial charge in [-0.15, -0.1) is 0 Å². The number of carbonyl (C=O) groups excluding carboxylic acids is 1. The zero-order valence-corrected chi connectivity index (χ0v) is 19.3. The molecule has 1 unspecified atom stereocenters. The molecule has 3 atom stereocenters. The van der Waals surface area contributed by atoms with Crippen molar-refractivity contribution in [2.45, 2.75) is 45.3 Å². The van der Waals surface area contributed by atoms with Gasteiger partial charge in [-0.2, -0.15) is 10.4 Å². The van der Waals surface area contributed by atoms with Crippen molar-refractivity contribution >= 4 is 17.4 Å². The quantitative estimate of drug-likeness (QED) is 0.642. The Kier molecular flexibility index (Phi) is 5.70. The zero-order chi connectivity index (χ0) is 24.0. The van der Waals surface area contributed by atoms with E-state index in [1.807, 2.05) is 24.1 Å². The number of amides is 1. The SMILES string of the molecule is Cc1cn2nc(C3CCCCN3C(=O)c3cccc(F)c3C)cc2nc1N1C[C@@H](C#N)[C@@H](O)C1. The highest BCUT2D eigenvalue weighted by molar-refractivity contribution is 5.96. The van der Waals surface area contributed by atoms with Gasteiger partial charge in [0.2, 0.25) is 0 Å². The Balaban J connectivity index is 1.47. The van der Waals surface area contributed by atoms with E-state index < -0.39 is 12.0 Å². The smallest absolute Gasteiger partial charge is 0.254 e. The van der Waals surface area contributed by atoms with Crippen molar-refractivity contribution in [3.8, 4) is 6.07 Å². The number of nitrogens with zero attached hydrogens (tertiary/aromatic N) is 6. The second-order valence-electron chi connectivity index (χ2n) is 9.25. The van der Waals surface area contributed by atoms with E-state index in [2.05, 4.69) is 6.07 Å². The summed E-state index contributed by atoms with van der Waals surface area (Å²) in [6.07, 6.45) is 3.83. The maximum absolute atomic E-state index is 14.1. The summed E-state index contributed by atoms with van der Waals surface area (Å²) in [6.45, 7) is 4.94. The highest BCUT2D eigenvalue weighted by Gasteiger charge is 2.34. The minimum Gasteiger partial charge on any atom is -0.390 e. The van der Waals surface area contributed by atoms with Crippen molar-refractivity contribution in [1.29, 1.82) is 5.26 Å². The van der Waals surface area contributed by atoms with E-state index in [1.54, 1.807) is 28.5 Å². The van der Waals surface area contributed by atoms with Crippen LogP contribution in [0.15, 0.2) is 30.5 Å². The van der Waals surface area contributed by atoms with Crippen LogP contribution in [0.3, 0.4) is 0 Å². The molecule has 1 N–H and O–H groups in total. The summed E-state index contributed by atoms with van der Waals surface area (Å²) >= 11 is 0. The molecule has 5 rings (SSSR count). The van der Waals surface area contributed by atoms with Gasteiger partial charge in [0.25, 0.3) is 5.91 Å². The molecule has 1 aromatic carbocycles. The molecule has 0 radical (unpaired) electrons. The zero-order valence-electron chi connectivity index (χ0n) is 19.3. The van der Waals surface area contributed by atoms with E-state index >= 15 is 0 Å². The fraction of sp³-hybridized carbons (Fsp3) is 0.440. The number of piperidine rings is 1. The third-order valence-electron chi connectivity index (χ3n) is 6.98. The van der Waals surface area contributed by atoms with Gasteiger partial charge in [-0.1, -0.05) is 6.07 Å². The van der Waals surface area contributed by atoms with Crippen LogP contribution in [0.2, 0.25) is 0 Å². The number of β-amino-alcohol motifs (C(OH)–C–C–N with tert-alkyl or cyclic N) is 1. The molecule has 9 heteroatoms. The van der Waals surface area contributed by atoms with Crippen LogP contribution < -0.4 is 4.90 Å². The summed E-state index contributed by atoms with van der Waals surface area (Å²) in [5.74, 6) is -0.282. The molecule has 0 spiro atoms. The van der Waals surface area contributed by atoms with Crippen molar-refractivity contribution in [1.82, 2.24) is 19.5 Å². The maximum atomic E-state index is 14.1. The van der Waals surface area contributed by atoms with Crippen LogP contribution >= 0.6 is 0 Å². The van der Waals surface area contributed by atoms with Crippen LogP contribution in [-0.4, -0.2) is 56.2 Å². The van der Waals surface area contributed by atoms with Gasteiger partial charge < -0.3 is 14.9 Å². The Morgan fingerprint density at radius 3 is 2.85 bits per heavy atom. The number of anilines is 1. The molecular formula is C25H27FN6O2. The summed E-state index contributed by atoms with van der Waals surface area (Å²) in [5.41, 5.74) is 3.02. The van der Waals surface area contributed by atoms with E-state index in [1.165, 1.54) is 6.07 Å². The first-order valence-corrected chi connectivity index (χ1v) is 11.6. The van der Waals surface area contributed by atoms with Gasteiger partial charge >= 0.3 is 0 Å². The number of halogens is 1. The molecule has 0 bridgehead atoms. The van der Waals surface area contributed by atoms with Crippen LogP contribution in [0.25, 0.3) is 5.65 Å². The number of carbonyl (C=O) groups is 1. The Morgan fingerprint density at radius 1 is 1.26 bits per heavy atom. The highest BCUT2D eigenvalue weighted by atomic mass is 19.1. The predicted molar refractivity (Wildman–Crippen MR) is 124 cm³/mol. The Morgan fingerprint density at radius 2 is 2.09 bits per heavy atom. The molecule has 2 saturated heterocycles. The lowest BCUT2D eigenvalue weighted by Gasteiger charge is -2.35. The fourth-order valence-electron chi connectivity index (χ4n) is 5.06. The van der Waals surface area contributed by atoms with E-state index in [9.17, 15) is 19.6 Å². The average molecular weight is 463 g/mol. The van der Waals surface area contributed by atoms with Crippen LogP contribution in [0.5, 0.6) is 0 Å². The number of aliphatic hydroxyl groups is 1. The van der Waals surface area contributed by atoms with Crippen molar-refractivity contribution in [3.05, 3.63) is 58.7 Å². The molecule has 176 valence electrons. The lowest BCUT2D eigenvalue weighted by atomic mass is 9.97. The molecule has 2 aliphatic rings. The molecule has 2 aromatic heterocycles. The summed E-state index contributed by atoms with van der Waals surface area (Å²) in [7, 11) is 0. The topological polar surface area (TPSA) is 97.8 Å². The number of nitriles is 1. The number of aliphatic hydroxyl groups excluding tert-OH is 1. The molecule has 2 aliphatic heterocycles. The average Bonchev–Trinajstić information content (AvgIpc) is 3.42. The molecule has 4 heterocycles. The molecule has 34 heavy (non-hydrogen) atoms. The molecular weight excluding hydrogens is 435 g/mol. The summed E-state index contributed by atoms with van der Waals surface area (Å²) in [5, 5.41) is 24.1. The third-order valence-corrected chi connectivity index (χ3v) is 6.98. The molecule has 0 aliphatic carbocycles. The van der Waals surface area contributed by atoms with Crippen LogP contribution in [0.4, 0.5) is 10.2 Å². The van der Waals surface area contributed by atoms with E-state index in [4.69, 9.17) is 10.1 Å². The monoisotopic (exact) mass is 462 g/mol. The normalized spacial score (nSPS) is 22.9. The summed E-state index contributed by atoms with van der Waals surface area (Å²) in [6, 6.07) is 8.44. The largest absolute Gasteiger partial charge is 0.390 e. The minimum absolute atomic E-state index is 0.183. The Labute approximate surface area is 197 Å². The van der Waals surface area contributed by atoms with E-state index in [0.29, 0.717) is 36.4 Å². The van der Waals surface area contributed by atoms with Crippen molar-refractivity contribution in [2.75, 3.05) is 24.5 Å². The van der Waals surface area contributed by atoms with E-state index in [-0.39, 0.29) is 17.8 Å². The molecule has 0 saturated carbocycles. The number of benzene rings is 1. The van der Waals surface area contributed by atoms with Crippen molar-refractivity contribution < 1.29 is 14.3 Å². The number of rotatable bonds is 3. The van der Waals surface area contributed by atoms with E-state index in [0.717, 1.165) is 36.3 Å². The van der Waals surface area contributed by atoms with Gasteiger partial charge in [0.15, 0.2) is 5.65 Å². The van der Waals surface area contributed by atoms with Crippen LogP contribution in [0.1, 0.15) is 52.5 Å². The van der Waals surface area contributed by atoms with Crippen LogP contribution in [-0.2, 0) is 0 Å². The van der Waals surface area contributed by atoms with Gasteiger partial charge in [-0.3, -0.25) is 4.79 Å². The number of hydrogen-bond donors (Lipinski definition) is 1. The maximum Gasteiger partial charge on any atom is 0.254 e. The first-order chi connectivity index (χ1) is 16.4. The fourth-order valence-corrected chi connectivity index (χ4v) is 5.06. The third kappa shape index (κ3) is 3.78. The van der Waals surface area contributed by atoms with Crippen molar-refractivity contribution in [2.24, 2.45) is 5.92 Å². The molecule has 2 fully saturated rings. The standard InChI is InChI=1S/C25H27FN6O2/c1-15-12-32-23(28-24(15)30-13-17(11-27)22(33)14-30)10-20(29-32)21-8-3-4-9-31(21)25(34)18-6-5-7-19(26)16(18)2/h5-7,10,12,17,21-22,33H,3-4,8-9,13-14H2,1-2H3/t17-,21?,22+/m1/s1. The van der Waals surface area contributed by atoms with Gasteiger partial charge in [0.1, 0.15) is 11.6 Å². The van der Waals surface area contributed by atoms with Gasteiger partial charge in [-0.05, 0) is 50.8 Å². The summed E-state index contributed by atoms with van der Waals surface area (Å²) < 4.78 is 15.8. The lowest BCUT2D eigenvalue weighted by Crippen LogP contribution is -2.39. The molecule has 3 aromatic rings. The first-order valence-electron chi connectivity index (χ1n) is 11.6. The predicted octanol–water partition coefficient (Wildman–Crippen LogP) is 3.17. The minimum atomic E-state index is -0.698. The Bertz CT molecular complexity index is 1300. The number of aromatic nitrogens is 3. The van der Waals surface area contributed by atoms with Gasteiger partial charge in [0.05, 0.1) is 29.8 Å². The second kappa shape index (κ2) is 8.69. The Hall–Kier alpha value is -3.51. The molecule has 1 amide bonds. The van der Waals surface area contributed by atoms with Crippen LogP contribution in [0, 0.1) is 36.9 Å². The second-order valence-corrected chi connectivity index (χ2v) is 9.25. The number of likely N-dealkylation sites (tertiary alicyclic amines) is 1. The summed E-state index contributed by atoms with van der Waals surface area (Å²) in [4.78, 5) is 21.9. The first kappa shape index (κ1) is 22.3.